The van der Waals surface area contributed by atoms with Gasteiger partial charge in [-0.25, -0.2) is 10.2 Å². The van der Waals surface area contributed by atoms with Crippen molar-refractivity contribution in [3.05, 3.63) is 76.5 Å². The lowest BCUT2D eigenvalue weighted by atomic mass is 10.1. The van der Waals surface area contributed by atoms with Crippen LogP contribution in [0.15, 0.2) is 53.6 Å². The molecule has 0 bridgehead atoms. The quantitative estimate of drug-likeness (QED) is 0.559. The number of benzene rings is 2. The number of fused-ring (bicyclic) bond motifs is 1. The number of nitrogens with zero attached hydrogens (tertiary/aromatic N) is 2. The molecule has 0 fully saturated rings. The molecule has 0 spiro atoms. The summed E-state index contributed by atoms with van der Waals surface area (Å²) in [5, 5.41) is 13.7. The summed E-state index contributed by atoms with van der Waals surface area (Å²) in [7, 11) is 0. The highest BCUT2D eigenvalue weighted by atomic mass is 16.4. The van der Waals surface area contributed by atoms with Gasteiger partial charge in [-0.2, -0.15) is 5.10 Å². The van der Waals surface area contributed by atoms with Crippen molar-refractivity contribution >= 4 is 29.0 Å². The molecule has 0 radical (unpaired) electrons. The summed E-state index contributed by atoms with van der Waals surface area (Å²) in [6.45, 7) is 3.77. The normalized spacial score (nSPS) is 11.0. The number of pyridine rings is 1. The summed E-state index contributed by atoms with van der Waals surface area (Å²) in [6, 6.07) is 13.8. The SMILES string of the molecule is Cc1nc2c(C)cccc2cc1C(=O)NN=Cc1ccc(C(=O)O)cc1. The molecule has 1 amide bonds. The summed E-state index contributed by atoms with van der Waals surface area (Å²) in [5.41, 5.74) is 6.38. The Bertz CT molecular complexity index is 1020. The van der Waals surface area contributed by atoms with Gasteiger partial charge in [0.25, 0.3) is 5.91 Å². The number of carboxylic acid groups (broad SMARTS) is 1. The van der Waals surface area contributed by atoms with Crippen LogP contribution >= 0.6 is 0 Å². The van der Waals surface area contributed by atoms with Gasteiger partial charge in [0.15, 0.2) is 0 Å². The van der Waals surface area contributed by atoms with E-state index < -0.39 is 5.97 Å². The van der Waals surface area contributed by atoms with Crippen LogP contribution in [0.5, 0.6) is 0 Å². The molecule has 0 aliphatic rings. The van der Waals surface area contributed by atoms with E-state index >= 15 is 0 Å². The Balaban J connectivity index is 1.76. The number of hydrazone groups is 1. The summed E-state index contributed by atoms with van der Waals surface area (Å²) >= 11 is 0. The number of para-hydroxylation sites is 1. The Labute approximate surface area is 150 Å². The van der Waals surface area contributed by atoms with Gasteiger partial charge in [0.2, 0.25) is 0 Å². The maximum absolute atomic E-state index is 12.4. The van der Waals surface area contributed by atoms with Gasteiger partial charge in [-0.3, -0.25) is 9.78 Å². The minimum atomic E-state index is -0.990. The van der Waals surface area contributed by atoms with Gasteiger partial charge in [0.05, 0.1) is 28.6 Å². The molecule has 1 heterocycles. The van der Waals surface area contributed by atoms with E-state index in [1.807, 2.05) is 25.1 Å². The first kappa shape index (κ1) is 17.3. The zero-order chi connectivity index (χ0) is 18.7. The lowest BCUT2D eigenvalue weighted by Gasteiger charge is -2.07. The molecule has 3 aromatic rings. The van der Waals surface area contributed by atoms with E-state index in [2.05, 4.69) is 15.5 Å². The van der Waals surface area contributed by atoms with Crippen molar-refractivity contribution in [3.8, 4) is 0 Å². The molecule has 6 nitrogen and oxygen atoms in total. The van der Waals surface area contributed by atoms with Crippen LogP contribution in [0.25, 0.3) is 10.9 Å². The first-order chi connectivity index (χ1) is 12.5. The predicted octanol–water partition coefficient (Wildman–Crippen LogP) is 3.31. The summed E-state index contributed by atoms with van der Waals surface area (Å²) < 4.78 is 0. The van der Waals surface area contributed by atoms with Crippen LogP contribution in [-0.2, 0) is 0 Å². The van der Waals surface area contributed by atoms with Crippen molar-refractivity contribution in [1.82, 2.24) is 10.4 Å². The molecule has 6 heteroatoms. The first-order valence-corrected chi connectivity index (χ1v) is 7.99. The van der Waals surface area contributed by atoms with E-state index in [1.165, 1.54) is 18.3 Å². The third-order valence-corrected chi connectivity index (χ3v) is 4.02. The van der Waals surface area contributed by atoms with E-state index in [4.69, 9.17) is 5.11 Å². The van der Waals surface area contributed by atoms with Crippen LogP contribution in [0, 0.1) is 13.8 Å². The largest absolute Gasteiger partial charge is 0.478 e. The molecule has 2 N–H and O–H groups in total. The van der Waals surface area contributed by atoms with Crippen LogP contribution in [0.1, 0.15) is 37.5 Å². The Hall–Kier alpha value is -3.54. The molecule has 0 saturated heterocycles. The molecule has 0 saturated carbocycles. The maximum Gasteiger partial charge on any atom is 0.335 e. The maximum atomic E-state index is 12.4. The highest BCUT2D eigenvalue weighted by Crippen LogP contribution is 2.19. The van der Waals surface area contributed by atoms with Crippen molar-refractivity contribution in [1.29, 1.82) is 0 Å². The fraction of sp³-hybridized carbons (Fsp3) is 0.100. The molecule has 0 atom stereocenters. The number of aromatic carboxylic acids is 1. The van der Waals surface area contributed by atoms with Gasteiger partial charge < -0.3 is 5.11 Å². The molecule has 2 aromatic carbocycles. The second-order valence-corrected chi connectivity index (χ2v) is 5.89. The number of aryl methyl sites for hydroxylation is 2. The van der Waals surface area contributed by atoms with Crippen molar-refractivity contribution in [2.24, 2.45) is 5.10 Å². The molecule has 0 unspecified atom stereocenters. The van der Waals surface area contributed by atoms with Crippen molar-refractivity contribution in [3.63, 3.8) is 0 Å². The van der Waals surface area contributed by atoms with Gasteiger partial charge in [-0.15, -0.1) is 0 Å². The number of aromatic nitrogens is 1. The van der Waals surface area contributed by atoms with Crippen molar-refractivity contribution < 1.29 is 14.7 Å². The number of amides is 1. The van der Waals surface area contributed by atoms with Crippen LogP contribution < -0.4 is 5.43 Å². The van der Waals surface area contributed by atoms with Crippen molar-refractivity contribution in [2.45, 2.75) is 13.8 Å². The van der Waals surface area contributed by atoms with E-state index in [0.29, 0.717) is 16.8 Å². The molecule has 3 rings (SSSR count). The molecular formula is C20H17N3O3. The third-order valence-electron chi connectivity index (χ3n) is 4.02. The second kappa shape index (κ2) is 7.14. The number of hydrogen-bond acceptors (Lipinski definition) is 4. The number of carbonyl (C=O) groups is 2. The third kappa shape index (κ3) is 3.59. The summed E-state index contributed by atoms with van der Waals surface area (Å²) in [5.74, 6) is -1.34. The van der Waals surface area contributed by atoms with Gasteiger partial charge >= 0.3 is 5.97 Å². The minimum Gasteiger partial charge on any atom is -0.478 e. The number of nitrogens with one attached hydrogen (secondary N) is 1. The zero-order valence-electron chi connectivity index (χ0n) is 14.4. The highest BCUT2D eigenvalue weighted by Gasteiger charge is 2.11. The van der Waals surface area contributed by atoms with Crippen LogP contribution in [-0.4, -0.2) is 28.2 Å². The zero-order valence-corrected chi connectivity index (χ0v) is 14.4. The lowest BCUT2D eigenvalue weighted by Crippen LogP contribution is -2.19. The average Bonchev–Trinajstić information content (AvgIpc) is 2.62. The average molecular weight is 347 g/mol. The fourth-order valence-corrected chi connectivity index (χ4v) is 2.61. The standard InChI is InChI=1S/C20H17N3O3/c1-12-4-3-5-16-10-17(13(2)22-18(12)16)19(24)23-21-11-14-6-8-15(9-7-14)20(25)26/h3-11H,1-2H3,(H,23,24)(H,25,26). The van der Waals surface area contributed by atoms with Crippen LogP contribution in [0.4, 0.5) is 0 Å². The van der Waals surface area contributed by atoms with Gasteiger partial charge in [-0.05, 0) is 43.2 Å². The van der Waals surface area contributed by atoms with Gasteiger partial charge in [0.1, 0.15) is 0 Å². The van der Waals surface area contributed by atoms with E-state index in [-0.39, 0.29) is 11.5 Å². The topological polar surface area (TPSA) is 91.7 Å². The Morgan fingerprint density at radius 1 is 1.12 bits per heavy atom. The monoisotopic (exact) mass is 347 g/mol. The van der Waals surface area contributed by atoms with Crippen LogP contribution in [0.2, 0.25) is 0 Å². The van der Waals surface area contributed by atoms with Crippen molar-refractivity contribution in [2.75, 3.05) is 0 Å². The van der Waals surface area contributed by atoms with Gasteiger partial charge in [0, 0.05) is 5.39 Å². The molecule has 26 heavy (non-hydrogen) atoms. The Morgan fingerprint density at radius 3 is 2.54 bits per heavy atom. The number of carbonyl (C=O) groups excluding carboxylic acids is 1. The Kier molecular flexibility index (Phi) is 4.75. The smallest absolute Gasteiger partial charge is 0.335 e. The van der Waals surface area contributed by atoms with Gasteiger partial charge in [-0.1, -0.05) is 30.3 Å². The predicted molar refractivity (Wildman–Crippen MR) is 99.7 cm³/mol. The minimum absolute atomic E-state index is 0.194. The number of rotatable bonds is 4. The Morgan fingerprint density at radius 2 is 1.85 bits per heavy atom. The van der Waals surface area contributed by atoms with E-state index in [9.17, 15) is 9.59 Å². The molecule has 0 aliphatic carbocycles. The first-order valence-electron chi connectivity index (χ1n) is 7.99. The highest BCUT2D eigenvalue weighted by molar-refractivity contribution is 5.99. The van der Waals surface area contributed by atoms with E-state index in [1.54, 1.807) is 25.1 Å². The lowest BCUT2D eigenvalue weighted by molar-refractivity contribution is 0.0696. The molecular weight excluding hydrogens is 330 g/mol. The fourth-order valence-electron chi connectivity index (χ4n) is 2.61. The summed E-state index contributed by atoms with van der Waals surface area (Å²) in [4.78, 5) is 27.7. The van der Waals surface area contributed by atoms with E-state index in [0.717, 1.165) is 16.5 Å². The van der Waals surface area contributed by atoms with Crippen LogP contribution in [0.3, 0.4) is 0 Å². The number of hydrogen-bond donors (Lipinski definition) is 2. The number of carboxylic acids is 1. The second-order valence-electron chi connectivity index (χ2n) is 5.89. The molecule has 130 valence electrons. The molecule has 1 aromatic heterocycles. The summed E-state index contributed by atoms with van der Waals surface area (Å²) in [6.07, 6.45) is 1.46. The molecule has 0 aliphatic heterocycles.